The molecule has 2 aliphatic heterocycles. The molecule has 27 heavy (non-hydrogen) atoms. The number of hydrogen-bond donors (Lipinski definition) is 3. The number of benzene rings is 1. The number of anilines is 1. The van der Waals surface area contributed by atoms with Crippen molar-refractivity contribution in [2.24, 2.45) is 0 Å². The van der Waals surface area contributed by atoms with Crippen LogP contribution in [0.4, 0.5) is 5.82 Å². The van der Waals surface area contributed by atoms with Gasteiger partial charge in [-0.25, -0.2) is 9.97 Å². The minimum Gasteiger partial charge on any atom is -0.363 e. The number of rotatable bonds is 3. The average molecular weight is 362 g/mol. The first-order valence-corrected chi connectivity index (χ1v) is 9.31. The van der Waals surface area contributed by atoms with E-state index in [9.17, 15) is 4.79 Å². The lowest BCUT2D eigenvalue weighted by Crippen LogP contribution is -2.52. The molecule has 1 amide bonds. The lowest BCUT2D eigenvalue weighted by Gasteiger charge is -2.37. The summed E-state index contributed by atoms with van der Waals surface area (Å²) in [6, 6.07) is 8.33. The van der Waals surface area contributed by atoms with Gasteiger partial charge >= 0.3 is 0 Å². The van der Waals surface area contributed by atoms with Gasteiger partial charge in [0.05, 0.1) is 22.8 Å². The number of hydrogen-bond acceptors (Lipinski definition) is 5. The smallest absolute Gasteiger partial charge is 0.253 e. The quantitative estimate of drug-likeness (QED) is 0.663. The SMILES string of the molecule is Cc1nc2cccc(-c3cc4c([nH]3)CCNC4=O)c2nc1NC1CN(C)C1. The van der Waals surface area contributed by atoms with Gasteiger partial charge in [0.15, 0.2) is 0 Å². The molecule has 2 aromatic heterocycles. The topological polar surface area (TPSA) is 85.9 Å². The van der Waals surface area contributed by atoms with Crippen LogP contribution in [0, 0.1) is 6.92 Å². The van der Waals surface area contributed by atoms with Crippen molar-refractivity contribution < 1.29 is 4.79 Å². The van der Waals surface area contributed by atoms with Gasteiger partial charge in [-0.3, -0.25) is 4.79 Å². The van der Waals surface area contributed by atoms with Crippen molar-refractivity contribution in [1.82, 2.24) is 25.2 Å². The van der Waals surface area contributed by atoms with E-state index in [1.165, 1.54) is 0 Å². The Bertz CT molecular complexity index is 1050. The highest BCUT2D eigenvalue weighted by Gasteiger charge is 2.25. The van der Waals surface area contributed by atoms with Crippen LogP contribution < -0.4 is 10.6 Å². The molecule has 0 radical (unpaired) electrons. The Labute approximate surface area is 157 Å². The molecule has 1 saturated heterocycles. The van der Waals surface area contributed by atoms with E-state index in [1.807, 2.05) is 31.2 Å². The van der Waals surface area contributed by atoms with Crippen LogP contribution in [0.2, 0.25) is 0 Å². The van der Waals surface area contributed by atoms with E-state index in [0.717, 1.165) is 64.6 Å². The highest BCUT2D eigenvalue weighted by molar-refractivity contribution is 5.99. The third-order valence-corrected chi connectivity index (χ3v) is 5.37. The Balaban J connectivity index is 1.59. The number of fused-ring (bicyclic) bond motifs is 2. The molecule has 0 atom stereocenters. The van der Waals surface area contributed by atoms with Crippen LogP contribution in [0.15, 0.2) is 24.3 Å². The molecule has 7 heteroatoms. The Hall–Kier alpha value is -2.93. The van der Waals surface area contributed by atoms with Crippen molar-refractivity contribution in [3.8, 4) is 11.3 Å². The van der Waals surface area contributed by atoms with Gasteiger partial charge in [0.2, 0.25) is 0 Å². The summed E-state index contributed by atoms with van der Waals surface area (Å²) in [5, 5.41) is 6.41. The van der Waals surface area contributed by atoms with Crippen molar-refractivity contribution in [1.29, 1.82) is 0 Å². The van der Waals surface area contributed by atoms with Gasteiger partial charge in [0, 0.05) is 43.0 Å². The molecule has 4 heterocycles. The Morgan fingerprint density at radius 1 is 1.22 bits per heavy atom. The van der Waals surface area contributed by atoms with Crippen LogP contribution in [0.25, 0.3) is 22.3 Å². The van der Waals surface area contributed by atoms with Crippen molar-refractivity contribution in [3.63, 3.8) is 0 Å². The molecule has 3 aromatic rings. The Morgan fingerprint density at radius 3 is 2.85 bits per heavy atom. The number of aromatic nitrogens is 3. The largest absolute Gasteiger partial charge is 0.363 e. The second-order valence-corrected chi connectivity index (χ2v) is 7.47. The summed E-state index contributed by atoms with van der Waals surface area (Å²) in [6.07, 6.45) is 0.818. The molecule has 0 aliphatic carbocycles. The molecule has 0 bridgehead atoms. The first kappa shape index (κ1) is 16.3. The average Bonchev–Trinajstić information content (AvgIpc) is 3.06. The number of para-hydroxylation sites is 1. The second-order valence-electron chi connectivity index (χ2n) is 7.47. The fraction of sp³-hybridized carbons (Fsp3) is 0.350. The number of amides is 1. The molecule has 0 unspecified atom stereocenters. The normalized spacial score (nSPS) is 17.5. The van der Waals surface area contributed by atoms with Gasteiger partial charge in [0.1, 0.15) is 11.3 Å². The van der Waals surface area contributed by atoms with Crippen molar-refractivity contribution in [2.75, 3.05) is 32.0 Å². The maximum atomic E-state index is 12.1. The summed E-state index contributed by atoms with van der Waals surface area (Å²) in [7, 11) is 2.11. The summed E-state index contributed by atoms with van der Waals surface area (Å²) < 4.78 is 0. The summed E-state index contributed by atoms with van der Waals surface area (Å²) in [6.45, 7) is 4.68. The number of likely N-dealkylation sites (N-methyl/N-ethyl adjacent to an activating group) is 1. The molecular formula is C20H22N6O. The van der Waals surface area contributed by atoms with Gasteiger partial charge in [0.25, 0.3) is 5.91 Å². The zero-order chi connectivity index (χ0) is 18.5. The summed E-state index contributed by atoms with van der Waals surface area (Å²) in [4.78, 5) is 27.5. The van der Waals surface area contributed by atoms with Crippen molar-refractivity contribution >= 4 is 22.8 Å². The van der Waals surface area contributed by atoms with E-state index in [0.29, 0.717) is 12.6 Å². The van der Waals surface area contributed by atoms with E-state index in [4.69, 9.17) is 9.97 Å². The van der Waals surface area contributed by atoms with Crippen LogP contribution in [0.1, 0.15) is 21.7 Å². The molecule has 138 valence electrons. The van der Waals surface area contributed by atoms with E-state index in [1.54, 1.807) is 0 Å². The number of carbonyl (C=O) groups excluding carboxylic acids is 1. The molecule has 3 N–H and O–H groups in total. The van der Waals surface area contributed by atoms with Crippen molar-refractivity contribution in [3.05, 3.63) is 41.2 Å². The van der Waals surface area contributed by atoms with Gasteiger partial charge in [-0.15, -0.1) is 0 Å². The number of carbonyl (C=O) groups is 1. The van der Waals surface area contributed by atoms with Gasteiger partial charge < -0.3 is 20.5 Å². The maximum Gasteiger partial charge on any atom is 0.253 e. The van der Waals surface area contributed by atoms with Gasteiger partial charge in [-0.1, -0.05) is 12.1 Å². The van der Waals surface area contributed by atoms with Crippen LogP contribution in [-0.4, -0.2) is 58.5 Å². The molecule has 0 spiro atoms. The van der Waals surface area contributed by atoms with Crippen LogP contribution in [0.5, 0.6) is 0 Å². The monoisotopic (exact) mass is 362 g/mol. The first-order valence-electron chi connectivity index (χ1n) is 9.31. The number of likely N-dealkylation sites (tertiary alicyclic amines) is 1. The molecule has 2 aliphatic rings. The first-order chi connectivity index (χ1) is 13.1. The van der Waals surface area contributed by atoms with Gasteiger partial charge in [-0.05, 0) is 26.1 Å². The van der Waals surface area contributed by atoms with E-state index < -0.39 is 0 Å². The predicted octanol–water partition coefficient (Wildman–Crippen LogP) is 1.95. The standard InChI is InChI=1S/C20H22N6O/c1-11-19(23-12-9-26(2)10-12)25-18-13(4-3-5-16(18)22-11)17-8-14-15(24-17)6-7-21-20(14)27/h3-5,8,12,24H,6-7,9-10H2,1-2H3,(H,21,27)(H,23,25). The number of nitrogens with zero attached hydrogens (tertiary/aromatic N) is 3. The fourth-order valence-corrected chi connectivity index (χ4v) is 3.94. The third-order valence-electron chi connectivity index (χ3n) is 5.37. The Kier molecular flexibility index (Phi) is 3.65. The van der Waals surface area contributed by atoms with Crippen molar-refractivity contribution in [2.45, 2.75) is 19.4 Å². The van der Waals surface area contributed by atoms with E-state index in [-0.39, 0.29) is 5.91 Å². The van der Waals surface area contributed by atoms with Crippen LogP contribution in [-0.2, 0) is 6.42 Å². The highest BCUT2D eigenvalue weighted by Crippen LogP contribution is 2.30. The number of H-pyrrole nitrogens is 1. The molecular weight excluding hydrogens is 340 g/mol. The van der Waals surface area contributed by atoms with E-state index >= 15 is 0 Å². The number of aryl methyl sites for hydroxylation is 1. The Morgan fingerprint density at radius 2 is 2.07 bits per heavy atom. The van der Waals surface area contributed by atoms with Crippen LogP contribution in [0.3, 0.4) is 0 Å². The highest BCUT2D eigenvalue weighted by atomic mass is 16.1. The summed E-state index contributed by atoms with van der Waals surface area (Å²) in [5.41, 5.74) is 6.20. The molecule has 5 rings (SSSR count). The van der Waals surface area contributed by atoms with Crippen LogP contribution >= 0.6 is 0 Å². The minimum absolute atomic E-state index is 0.0163. The zero-order valence-electron chi connectivity index (χ0n) is 15.5. The third kappa shape index (κ3) is 2.75. The van der Waals surface area contributed by atoms with Gasteiger partial charge in [-0.2, -0.15) is 0 Å². The minimum atomic E-state index is -0.0163. The maximum absolute atomic E-state index is 12.1. The van der Waals surface area contributed by atoms with E-state index in [2.05, 4.69) is 27.6 Å². The molecule has 0 saturated carbocycles. The second kappa shape index (κ2) is 6.06. The molecule has 1 aromatic carbocycles. The fourth-order valence-electron chi connectivity index (χ4n) is 3.94. The lowest BCUT2D eigenvalue weighted by atomic mass is 10.1. The molecule has 1 fully saturated rings. The summed E-state index contributed by atoms with van der Waals surface area (Å²) >= 11 is 0. The zero-order valence-corrected chi connectivity index (χ0v) is 15.5. The molecule has 7 nitrogen and oxygen atoms in total. The summed E-state index contributed by atoms with van der Waals surface area (Å²) in [5.74, 6) is 0.819. The predicted molar refractivity (Wildman–Crippen MR) is 105 cm³/mol. The number of aromatic amines is 1. The number of nitrogens with one attached hydrogen (secondary N) is 3. The lowest BCUT2D eigenvalue weighted by molar-refractivity contribution is 0.0946.